The molecular weight excluding hydrogens is 420 g/mol. The van der Waals surface area contributed by atoms with Gasteiger partial charge in [0.15, 0.2) is 0 Å². The second kappa shape index (κ2) is 9.43. The maximum absolute atomic E-state index is 13.5. The van der Waals surface area contributed by atoms with Gasteiger partial charge in [-0.1, -0.05) is 6.42 Å². The Morgan fingerprint density at radius 2 is 1.78 bits per heavy atom. The zero-order valence-corrected chi connectivity index (χ0v) is 18.1. The zero-order chi connectivity index (χ0) is 23.5. The van der Waals surface area contributed by atoms with E-state index in [1.807, 2.05) is 0 Å². The van der Waals surface area contributed by atoms with Crippen molar-refractivity contribution in [2.75, 3.05) is 26.2 Å². The van der Waals surface area contributed by atoms with E-state index in [1.165, 1.54) is 36.2 Å². The van der Waals surface area contributed by atoms with Gasteiger partial charge in [0.1, 0.15) is 12.1 Å². The van der Waals surface area contributed by atoms with Gasteiger partial charge >= 0.3 is 5.97 Å². The first-order valence-electron chi connectivity index (χ1n) is 10.5. The maximum Gasteiger partial charge on any atom is 0.326 e. The highest BCUT2D eigenvalue weighted by molar-refractivity contribution is 6.12. The van der Waals surface area contributed by atoms with Gasteiger partial charge in [0.2, 0.25) is 5.91 Å². The molecule has 0 aromatic heterocycles. The van der Waals surface area contributed by atoms with Gasteiger partial charge in [-0.15, -0.1) is 0 Å². The van der Waals surface area contributed by atoms with Crippen LogP contribution in [0, 0.1) is 10.1 Å². The van der Waals surface area contributed by atoms with Crippen LogP contribution in [0.2, 0.25) is 0 Å². The Hall–Kier alpha value is -3.34. The molecule has 2 fully saturated rings. The lowest BCUT2D eigenvalue weighted by Crippen LogP contribution is -2.62. The number of benzene rings is 1. The summed E-state index contributed by atoms with van der Waals surface area (Å²) in [5.74, 6) is -2.46. The second-order valence-electron chi connectivity index (χ2n) is 7.98. The Balaban J connectivity index is 1.95. The summed E-state index contributed by atoms with van der Waals surface area (Å²) in [5.41, 5.74) is -1.53. The van der Waals surface area contributed by atoms with Crippen LogP contribution < -0.4 is 0 Å². The summed E-state index contributed by atoms with van der Waals surface area (Å²) in [6.07, 6.45) is 2.33. The van der Waals surface area contributed by atoms with Crippen LogP contribution in [0.5, 0.6) is 0 Å². The molecule has 1 atom stereocenters. The highest BCUT2D eigenvalue weighted by Gasteiger charge is 2.56. The summed E-state index contributed by atoms with van der Waals surface area (Å²) in [4.78, 5) is 62.7. The van der Waals surface area contributed by atoms with E-state index in [2.05, 4.69) is 0 Å². The standard InChI is InChI=1S/C21H26N4O7/c1-3-32-18(27)14-23-17(26)13-21(2,20(23)29)24(22-11-5-4-6-12-22)19(28)15-7-9-16(10-8-15)25(30)31/h7-10H,3-6,11-14H2,1-2H3/t21-/m1/s1. The van der Waals surface area contributed by atoms with E-state index in [4.69, 9.17) is 4.74 Å². The second-order valence-corrected chi connectivity index (χ2v) is 7.98. The molecule has 2 aliphatic heterocycles. The molecule has 0 aliphatic carbocycles. The molecule has 3 amide bonds. The summed E-state index contributed by atoms with van der Waals surface area (Å²) < 4.78 is 4.86. The summed E-state index contributed by atoms with van der Waals surface area (Å²) in [6.45, 7) is 3.78. The monoisotopic (exact) mass is 446 g/mol. The number of non-ortho nitro benzene ring substituents is 1. The summed E-state index contributed by atoms with van der Waals surface area (Å²) >= 11 is 0. The van der Waals surface area contributed by atoms with Crippen molar-refractivity contribution in [3.8, 4) is 0 Å². The first-order chi connectivity index (χ1) is 15.2. The number of ether oxygens (including phenoxy) is 1. The average Bonchev–Trinajstić information content (AvgIpc) is 2.98. The molecule has 3 rings (SSSR count). The summed E-state index contributed by atoms with van der Waals surface area (Å²) in [7, 11) is 0. The number of hydrazine groups is 1. The molecule has 0 unspecified atom stereocenters. The lowest BCUT2D eigenvalue weighted by molar-refractivity contribution is -0.384. The Bertz CT molecular complexity index is 927. The number of carbonyl (C=O) groups is 4. The van der Waals surface area contributed by atoms with Crippen LogP contribution in [0.3, 0.4) is 0 Å². The van der Waals surface area contributed by atoms with E-state index in [-0.39, 0.29) is 24.3 Å². The molecule has 0 bridgehead atoms. The quantitative estimate of drug-likeness (QED) is 0.267. The molecule has 0 spiro atoms. The molecule has 11 nitrogen and oxygen atoms in total. The number of nitrogens with zero attached hydrogens (tertiary/aromatic N) is 4. The van der Waals surface area contributed by atoms with Gasteiger partial charge in [-0.25, -0.2) is 5.01 Å². The van der Waals surface area contributed by atoms with Gasteiger partial charge in [0.05, 0.1) is 18.0 Å². The van der Waals surface area contributed by atoms with Crippen LogP contribution in [-0.4, -0.2) is 75.3 Å². The predicted molar refractivity (Wildman–Crippen MR) is 111 cm³/mol. The van der Waals surface area contributed by atoms with E-state index >= 15 is 0 Å². The molecular formula is C21H26N4O7. The van der Waals surface area contributed by atoms with E-state index < -0.39 is 40.7 Å². The van der Waals surface area contributed by atoms with E-state index in [0.29, 0.717) is 13.1 Å². The van der Waals surface area contributed by atoms with Crippen molar-refractivity contribution >= 4 is 29.4 Å². The molecule has 0 saturated carbocycles. The number of piperidine rings is 1. The molecule has 2 saturated heterocycles. The number of likely N-dealkylation sites (tertiary alicyclic amines) is 1. The number of hydrogen-bond donors (Lipinski definition) is 0. The fraction of sp³-hybridized carbons (Fsp3) is 0.524. The van der Waals surface area contributed by atoms with Crippen LogP contribution in [0.25, 0.3) is 0 Å². The van der Waals surface area contributed by atoms with Gasteiger partial charge < -0.3 is 4.74 Å². The molecule has 1 aromatic rings. The molecule has 172 valence electrons. The van der Waals surface area contributed by atoms with E-state index in [9.17, 15) is 29.3 Å². The van der Waals surface area contributed by atoms with Crippen molar-refractivity contribution in [2.24, 2.45) is 0 Å². The molecule has 11 heteroatoms. The van der Waals surface area contributed by atoms with Crippen LogP contribution in [0.15, 0.2) is 24.3 Å². The lowest BCUT2D eigenvalue weighted by Gasteiger charge is -2.45. The van der Waals surface area contributed by atoms with Crippen molar-refractivity contribution in [1.29, 1.82) is 0 Å². The van der Waals surface area contributed by atoms with Crippen molar-refractivity contribution in [3.05, 3.63) is 39.9 Å². The fourth-order valence-corrected chi connectivity index (χ4v) is 4.12. The number of esters is 1. The topological polar surface area (TPSA) is 130 Å². The maximum atomic E-state index is 13.5. The molecule has 2 aliphatic rings. The molecule has 0 radical (unpaired) electrons. The van der Waals surface area contributed by atoms with E-state index in [1.54, 1.807) is 11.9 Å². The molecule has 2 heterocycles. The number of hydrogen-bond acceptors (Lipinski definition) is 8. The van der Waals surface area contributed by atoms with E-state index in [0.717, 1.165) is 24.2 Å². The van der Waals surface area contributed by atoms with Gasteiger partial charge in [-0.3, -0.25) is 39.2 Å². The van der Waals surface area contributed by atoms with Crippen molar-refractivity contribution in [1.82, 2.24) is 14.9 Å². The Kier molecular flexibility index (Phi) is 6.87. The number of amides is 3. The highest BCUT2D eigenvalue weighted by atomic mass is 16.6. The summed E-state index contributed by atoms with van der Waals surface area (Å²) in [5, 5.41) is 14.0. The predicted octanol–water partition coefficient (Wildman–Crippen LogP) is 1.52. The number of rotatable bonds is 7. The number of nitro groups is 1. The normalized spacial score (nSPS) is 21.5. The lowest BCUT2D eigenvalue weighted by atomic mass is 9.97. The van der Waals surface area contributed by atoms with Crippen molar-refractivity contribution in [2.45, 2.75) is 45.1 Å². The zero-order valence-electron chi connectivity index (χ0n) is 18.1. The molecule has 32 heavy (non-hydrogen) atoms. The van der Waals surface area contributed by atoms with Gasteiger partial charge in [-0.05, 0) is 38.8 Å². The van der Waals surface area contributed by atoms with Crippen LogP contribution in [-0.2, 0) is 19.1 Å². The van der Waals surface area contributed by atoms with Crippen molar-refractivity contribution in [3.63, 3.8) is 0 Å². The van der Waals surface area contributed by atoms with Crippen LogP contribution in [0.1, 0.15) is 49.9 Å². The molecule has 0 N–H and O–H groups in total. The average molecular weight is 446 g/mol. The molecule has 1 aromatic carbocycles. The summed E-state index contributed by atoms with van der Waals surface area (Å²) in [6, 6.07) is 5.11. The Morgan fingerprint density at radius 3 is 2.34 bits per heavy atom. The van der Waals surface area contributed by atoms with Crippen molar-refractivity contribution < 1.29 is 28.8 Å². The van der Waals surface area contributed by atoms with Crippen LogP contribution >= 0.6 is 0 Å². The minimum atomic E-state index is -1.53. The smallest absolute Gasteiger partial charge is 0.326 e. The minimum absolute atomic E-state index is 0.116. The Labute approximate surface area is 185 Å². The van der Waals surface area contributed by atoms with Gasteiger partial charge in [0.25, 0.3) is 17.5 Å². The third-order valence-corrected chi connectivity index (χ3v) is 5.70. The first kappa shape index (κ1) is 23.3. The SMILES string of the molecule is CCOC(=O)CN1C(=O)C[C@@](C)(N(C(=O)c2ccc([N+](=O)[O-])cc2)N2CCCCC2)C1=O. The van der Waals surface area contributed by atoms with Gasteiger partial charge in [-0.2, -0.15) is 0 Å². The largest absolute Gasteiger partial charge is 0.465 e. The number of imide groups is 1. The fourth-order valence-electron chi connectivity index (χ4n) is 4.12. The third-order valence-electron chi connectivity index (χ3n) is 5.70. The third kappa shape index (κ3) is 4.47. The first-order valence-corrected chi connectivity index (χ1v) is 10.5. The van der Waals surface area contributed by atoms with Gasteiger partial charge in [0, 0.05) is 30.8 Å². The highest BCUT2D eigenvalue weighted by Crippen LogP contribution is 2.34. The number of carbonyl (C=O) groups excluding carboxylic acids is 4. The Morgan fingerprint density at radius 1 is 1.16 bits per heavy atom. The number of nitro benzene ring substituents is 1. The minimum Gasteiger partial charge on any atom is -0.465 e. The van der Waals surface area contributed by atoms with Crippen LogP contribution in [0.4, 0.5) is 5.69 Å².